The van der Waals surface area contributed by atoms with Gasteiger partial charge in [-0.1, -0.05) is 24.3 Å². The number of aromatic hydroxyl groups is 1. The largest absolute Gasteiger partial charge is 0.508 e. The van der Waals surface area contributed by atoms with E-state index in [9.17, 15) is 14.3 Å². The van der Waals surface area contributed by atoms with Crippen molar-refractivity contribution in [2.75, 3.05) is 26.3 Å². The Bertz CT molecular complexity index is 1140. The lowest BCUT2D eigenvalue weighted by Gasteiger charge is -2.66. The molecule has 6 atom stereocenters. The highest BCUT2D eigenvalue weighted by Crippen LogP contribution is 2.75. The van der Waals surface area contributed by atoms with Crippen LogP contribution >= 0.6 is 0 Å². The molecule has 0 aromatic heterocycles. The molecule has 2 saturated carbocycles. The van der Waals surface area contributed by atoms with Crippen LogP contribution in [0.1, 0.15) is 53.6 Å². The number of fused-ring (bicyclic) bond motifs is 1. The van der Waals surface area contributed by atoms with E-state index < -0.39 is 0 Å². The zero-order valence-electron chi connectivity index (χ0n) is 19.6. The van der Waals surface area contributed by atoms with Crippen LogP contribution in [0.3, 0.4) is 0 Å². The summed E-state index contributed by atoms with van der Waals surface area (Å²) in [5.41, 5.74) is 3.70. The second-order valence-corrected chi connectivity index (χ2v) is 11.4. The fraction of sp³-hybridized carbons (Fsp3) is 0.552. The van der Waals surface area contributed by atoms with Crippen LogP contribution in [0.2, 0.25) is 0 Å². The van der Waals surface area contributed by atoms with Gasteiger partial charge >= 0.3 is 0 Å². The highest BCUT2D eigenvalue weighted by atomic mass is 19.1. The quantitative estimate of drug-likeness (QED) is 0.728. The van der Waals surface area contributed by atoms with Crippen LogP contribution in [0.15, 0.2) is 48.5 Å². The van der Waals surface area contributed by atoms with Crippen molar-refractivity contribution in [3.05, 3.63) is 65.2 Å². The van der Waals surface area contributed by atoms with E-state index in [0.717, 1.165) is 57.3 Å². The molecule has 3 aliphatic carbocycles. The maximum absolute atomic E-state index is 13.6. The van der Waals surface area contributed by atoms with Crippen LogP contribution in [0.4, 0.5) is 4.39 Å². The number of phenols is 1. The van der Waals surface area contributed by atoms with E-state index in [0.29, 0.717) is 30.0 Å². The van der Waals surface area contributed by atoms with E-state index in [1.54, 1.807) is 0 Å². The maximum Gasteiger partial charge on any atom is 0.254 e. The second kappa shape index (κ2) is 7.30. The van der Waals surface area contributed by atoms with Crippen molar-refractivity contribution in [2.45, 2.75) is 56.0 Å². The molecule has 5 aliphatic rings. The molecule has 4 fully saturated rings. The third kappa shape index (κ3) is 2.49. The number of amides is 1. The Balaban J connectivity index is 1.34. The van der Waals surface area contributed by atoms with Crippen LogP contribution in [0.25, 0.3) is 0 Å². The molecular formula is C29H33FN2O2. The molecule has 4 nitrogen and oxygen atoms in total. The van der Waals surface area contributed by atoms with E-state index in [4.69, 9.17) is 0 Å². The van der Waals surface area contributed by atoms with E-state index in [2.05, 4.69) is 21.9 Å². The van der Waals surface area contributed by atoms with Gasteiger partial charge in [0.25, 0.3) is 5.91 Å². The first-order valence-corrected chi connectivity index (χ1v) is 13.1. The molecule has 2 heterocycles. The predicted molar refractivity (Wildman–Crippen MR) is 129 cm³/mol. The molecule has 2 aromatic carbocycles. The first-order chi connectivity index (χ1) is 16.6. The van der Waals surface area contributed by atoms with Crippen molar-refractivity contribution >= 4 is 5.91 Å². The number of halogens is 1. The summed E-state index contributed by atoms with van der Waals surface area (Å²) in [6.07, 6.45) is 5.99. The highest BCUT2D eigenvalue weighted by molar-refractivity contribution is 5.94. The molecule has 1 N–H and O–H groups in total. The number of carbonyl (C=O) groups is 1. The average molecular weight is 461 g/mol. The van der Waals surface area contributed by atoms with Gasteiger partial charge in [0.1, 0.15) is 5.75 Å². The Kier molecular flexibility index (Phi) is 4.49. The minimum atomic E-state index is -0.254. The van der Waals surface area contributed by atoms with E-state index in [1.807, 2.05) is 36.4 Å². The molecule has 2 unspecified atom stereocenters. The Morgan fingerprint density at radius 2 is 2.00 bits per heavy atom. The number of likely N-dealkylation sites (tertiary alicyclic amines) is 2. The SMILES string of the molecule is O=C(c1ccccc1)N1C[C@H]2C[C@@]34CCC1C2[C@@]31CCN(CCCF)[C@@H]4Cc2ccc(O)cc21. The van der Waals surface area contributed by atoms with Gasteiger partial charge in [0, 0.05) is 36.2 Å². The maximum atomic E-state index is 13.6. The first-order valence-electron chi connectivity index (χ1n) is 13.1. The zero-order chi connectivity index (χ0) is 23.1. The molecule has 178 valence electrons. The van der Waals surface area contributed by atoms with Gasteiger partial charge in [-0.15, -0.1) is 0 Å². The van der Waals surface area contributed by atoms with Gasteiger partial charge in [0.2, 0.25) is 0 Å². The third-order valence-electron chi connectivity index (χ3n) is 10.4. The van der Waals surface area contributed by atoms with Crippen molar-refractivity contribution in [3.63, 3.8) is 0 Å². The summed E-state index contributed by atoms with van der Waals surface area (Å²) in [6.45, 7) is 2.42. The molecule has 0 spiro atoms. The molecule has 0 radical (unpaired) electrons. The van der Waals surface area contributed by atoms with Crippen molar-refractivity contribution in [2.24, 2.45) is 17.3 Å². The number of hydrogen-bond donors (Lipinski definition) is 1. The normalized spacial score (nSPS) is 37.4. The van der Waals surface area contributed by atoms with Crippen LogP contribution in [0, 0.1) is 17.3 Å². The first kappa shape index (κ1) is 20.9. The summed E-state index contributed by atoms with van der Waals surface area (Å²) in [6, 6.07) is 16.5. The summed E-state index contributed by atoms with van der Waals surface area (Å²) in [5.74, 6) is 1.47. The number of hydrogen-bond acceptors (Lipinski definition) is 3. The number of alkyl halides is 1. The topological polar surface area (TPSA) is 43.8 Å². The number of nitrogens with zero attached hydrogens (tertiary/aromatic N) is 2. The molecule has 5 heteroatoms. The van der Waals surface area contributed by atoms with Gasteiger partial charge in [-0.2, -0.15) is 0 Å². The Morgan fingerprint density at radius 3 is 2.82 bits per heavy atom. The lowest BCUT2D eigenvalue weighted by atomic mass is 9.43. The average Bonchev–Trinajstić information content (AvgIpc) is 3.30. The Morgan fingerprint density at radius 1 is 1.15 bits per heavy atom. The van der Waals surface area contributed by atoms with Crippen molar-refractivity contribution < 1.29 is 14.3 Å². The molecule has 2 aliphatic heterocycles. The number of phenolic OH excluding ortho intramolecular Hbond substituents is 1. The molecule has 7 rings (SSSR count). The summed E-state index contributed by atoms with van der Waals surface area (Å²) < 4.78 is 13.2. The molecule has 34 heavy (non-hydrogen) atoms. The van der Waals surface area contributed by atoms with Crippen molar-refractivity contribution in [1.29, 1.82) is 0 Å². The molecule has 1 amide bonds. The highest BCUT2D eigenvalue weighted by Gasteiger charge is 2.76. The van der Waals surface area contributed by atoms with E-state index in [-0.39, 0.29) is 29.5 Å². The fourth-order valence-electron chi connectivity index (χ4n) is 9.60. The summed E-state index contributed by atoms with van der Waals surface area (Å²) >= 11 is 0. The summed E-state index contributed by atoms with van der Waals surface area (Å²) in [4.78, 5) is 18.4. The lowest BCUT2D eigenvalue weighted by molar-refractivity contribution is -0.101. The fourth-order valence-corrected chi connectivity index (χ4v) is 9.60. The minimum Gasteiger partial charge on any atom is -0.508 e. The Hall–Kier alpha value is -2.40. The second-order valence-electron chi connectivity index (χ2n) is 11.4. The molecule has 2 saturated heterocycles. The molecule has 2 aromatic rings. The van der Waals surface area contributed by atoms with Gasteiger partial charge in [0.05, 0.1) is 6.67 Å². The summed E-state index contributed by atoms with van der Waals surface area (Å²) in [7, 11) is 0. The smallest absolute Gasteiger partial charge is 0.254 e. The van der Waals surface area contributed by atoms with Gasteiger partial charge in [-0.25, -0.2) is 0 Å². The zero-order valence-corrected chi connectivity index (χ0v) is 19.6. The monoisotopic (exact) mass is 460 g/mol. The number of rotatable bonds is 4. The minimum absolute atomic E-state index is 0.00943. The van der Waals surface area contributed by atoms with Gasteiger partial charge in [-0.05, 0) is 97.7 Å². The number of carbonyl (C=O) groups excluding carboxylic acids is 1. The van der Waals surface area contributed by atoms with E-state index in [1.165, 1.54) is 11.1 Å². The van der Waals surface area contributed by atoms with Crippen LogP contribution < -0.4 is 0 Å². The van der Waals surface area contributed by atoms with Crippen LogP contribution in [0.5, 0.6) is 5.75 Å². The van der Waals surface area contributed by atoms with Crippen LogP contribution in [-0.2, 0) is 11.8 Å². The Labute approximate surface area is 200 Å². The van der Waals surface area contributed by atoms with Crippen LogP contribution in [-0.4, -0.2) is 59.2 Å². The van der Waals surface area contributed by atoms with Crippen molar-refractivity contribution in [3.8, 4) is 5.75 Å². The van der Waals surface area contributed by atoms with Gasteiger partial charge in [-0.3, -0.25) is 14.1 Å². The molecular weight excluding hydrogens is 427 g/mol. The lowest BCUT2D eigenvalue weighted by Crippen LogP contribution is -2.69. The van der Waals surface area contributed by atoms with E-state index >= 15 is 0 Å². The van der Waals surface area contributed by atoms with Gasteiger partial charge in [0.15, 0.2) is 0 Å². The standard InChI is InChI=1S/C29H33FN2O2/c30-12-4-13-31-14-11-29-23-16-22(33)8-7-20(23)15-25(31)28(29)10-9-24-26(29)21(17-28)18-32(24)27(34)19-5-2-1-3-6-19/h1-3,5-8,16,21,24-26,33H,4,9-15,17-18H2/t21-,24?,25-,26?,28-,29+/m1/s1. The number of piperidine rings is 1. The summed E-state index contributed by atoms with van der Waals surface area (Å²) in [5, 5.41) is 10.6. The third-order valence-corrected chi connectivity index (χ3v) is 10.4. The molecule has 4 bridgehead atoms. The predicted octanol–water partition coefficient (Wildman–Crippen LogP) is 4.56. The van der Waals surface area contributed by atoms with Crippen molar-refractivity contribution in [1.82, 2.24) is 9.80 Å². The van der Waals surface area contributed by atoms with Gasteiger partial charge < -0.3 is 10.0 Å². The number of benzene rings is 2.